The largest absolute Gasteiger partial charge is 0.496 e. The highest BCUT2D eigenvalue weighted by Gasteiger charge is 2.27. The lowest BCUT2D eigenvalue weighted by atomic mass is 9.85. The van der Waals surface area contributed by atoms with E-state index in [1.807, 2.05) is 36.4 Å². The number of allylic oxidation sites excluding steroid dienone is 1. The molecule has 1 aliphatic rings. The van der Waals surface area contributed by atoms with Crippen LogP contribution in [-0.4, -0.2) is 19.8 Å². The summed E-state index contributed by atoms with van der Waals surface area (Å²) in [6, 6.07) is 13.9. The standard InChI is InChI=1S/C27H28F2N2O2/c1-16-14-27(2,3)31-23-11-10-17(18-12-20(28)21(29)13-25(18)33-5)19(26(16)23)15-30-22-8-6-7-9-24(22)32-4/h6-14,30-31H,15H2,1-5H3. The molecule has 6 heteroatoms. The first-order valence-electron chi connectivity index (χ1n) is 10.8. The van der Waals surface area contributed by atoms with E-state index >= 15 is 0 Å². The zero-order valence-electron chi connectivity index (χ0n) is 19.5. The zero-order valence-corrected chi connectivity index (χ0v) is 19.5. The highest BCUT2D eigenvalue weighted by Crippen LogP contribution is 2.43. The Kier molecular flexibility index (Phi) is 6.02. The maximum absolute atomic E-state index is 14.3. The van der Waals surface area contributed by atoms with Crippen LogP contribution in [0, 0.1) is 11.6 Å². The molecule has 0 atom stereocenters. The number of para-hydroxylation sites is 2. The molecule has 172 valence electrons. The van der Waals surface area contributed by atoms with Crippen LogP contribution in [0.4, 0.5) is 20.2 Å². The molecule has 1 aliphatic heterocycles. The van der Waals surface area contributed by atoms with Gasteiger partial charge in [-0.3, -0.25) is 0 Å². The Morgan fingerprint density at radius 3 is 2.33 bits per heavy atom. The fourth-order valence-electron chi connectivity index (χ4n) is 4.52. The van der Waals surface area contributed by atoms with Gasteiger partial charge in [-0.15, -0.1) is 0 Å². The van der Waals surface area contributed by atoms with Gasteiger partial charge in [0.15, 0.2) is 11.6 Å². The van der Waals surface area contributed by atoms with E-state index in [1.165, 1.54) is 13.2 Å². The van der Waals surface area contributed by atoms with Gasteiger partial charge < -0.3 is 20.1 Å². The van der Waals surface area contributed by atoms with Crippen molar-refractivity contribution >= 4 is 16.9 Å². The average molecular weight is 451 g/mol. The van der Waals surface area contributed by atoms with E-state index in [2.05, 4.69) is 37.5 Å². The van der Waals surface area contributed by atoms with Gasteiger partial charge in [0.05, 0.1) is 25.4 Å². The second-order valence-corrected chi connectivity index (χ2v) is 8.71. The molecular formula is C27H28F2N2O2. The van der Waals surface area contributed by atoms with Gasteiger partial charge in [-0.1, -0.05) is 24.3 Å². The van der Waals surface area contributed by atoms with Gasteiger partial charge in [0.25, 0.3) is 0 Å². The molecule has 0 saturated heterocycles. The Morgan fingerprint density at radius 1 is 0.909 bits per heavy atom. The quantitative estimate of drug-likeness (QED) is 0.430. The highest BCUT2D eigenvalue weighted by atomic mass is 19.2. The minimum absolute atomic E-state index is 0.203. The van der Waals surface area contributed by atoms with Crippen LogP contribution >= 0.6 is 0 Å². The lowest BCUT2D eigenvalue weighted by Crippen LogP contribution is -2.32. The van der Waals surface area contributed by atoms with Gasteiger partial charge in [-0.25, -0.2) is 8.78 Å². The van der Waals surface area contributed by atoms with Gasteiger partial charge in [0.2, 0.25) is 0 Å². The number of hydrogen-bond donors (Lipinski definition) is 2. The maximum atomic E-state index is 14.3. The van der Waals surface area contributed by atoms with E-state index < -0.39 is 11.6 Å². The molecule has 33 heavy (non-hydrogen) atoms. The summed E-state index contributed by atoms with van der Waals surface area (Å²) in [6.07, 6.45) is 2.17. The molecule has 1 heterocycles. The molecule has 4 nitrogen and oxygen atoms in total. The number of ether oxygens (including phenoxy) is 2. The summed E-state index contributed by atoms with van der Waals surface area (Å²) in [6.45, 7) is 6.73. The van der Waals surface area contributed by atoms with E-state index in [4.69, 9.17) is 9.47 Å². The first-order chi connectivity index (χ1) is 15.7. The first kappa shape index (κ1) is 22.6. The van der Waals surface area contributed by atoms with Gasteiger partial charge >= 0.3 is 0 Å². The first-order valence-corrected chi connectivity index (χ1v) is 10.8. The minimum Gasteiger partial charge on any atom is -0.496 e. The molecule has 2 N–H and O–H groups in total. The fourth-order valence-corrected chi connectivity index (χ4v) is 4.52. The molecular weight excluding hydrogens is 422 g/mol. The summed E-state index contributed by atoms with van der Waals surface area (Å²) < 4.78 is 39.1. The third kappa shape index (κ3) is 4.38. The van der Waals surface area contributed by atoms with Crippen molar-refractivity contribution in [1.82, 2.24) is 0 Å². The van der Waals surface area contributed by atoms with Crippen LogP contribution in [0.15, 0.2) is 54.6 Å². The lowest BCUT2D eigenvalue weighted by Gasteiger charge is -2.33. The molecule has 0 spiro atoms. The summed E-state index contributed by atoms with van der Waals surface area (Å²) in [4.78, 5) is 0. The zero-order chi connectivity index (χ0) is 23.8. The van der Waals surface area contributed by atoms with Crippen LogP contribution in [0.3, 0.4) is 0 Å². The smallest absolute Gasteiger partial charge is 0.162 e. The fraction of sp³-hybridized carbons (Fsp3) is 0.259. The Morgan fingerprint density at radius 2 is 1.61 bits per heavy atom. The Balaban J connectivity index is 1.90. The molecule has 0 amide bonds. The van der Waals surface area contributed by atoms with Crippen molar-refractivity contribution < 1.29 is 18.3 Å². The molecule has 3 aromatic rings. The Bertz CT molecular complexity index is 1240. The monoisotopic (exact) mass is 450 g/mol. The maximum Gasteiger partial charge on any atom is 0.162 e. The van der Waals surface area contributed by atoms with Crippen molar-refractivity contribution in [2.24, 2.45) is 0 Å². The third-order valence-electron chi connectivity index (χ3n) is 5.84. The number of anilines is 2. The Hall–Kier alpha value is -3.54. The van der Waals surface area contributed by atoms with Crippen LogP contribution < -0.4 is 20.1 Å². The number of hydrogen-bond acceptors (Lipinski definition) is 4. The van der Waals surface area contributed by atoms with E-state index in [-0.39, 0.29) is 11.3 Å². The second kappa shape index (κ2) is 8.77. The van der Waals surface area contributed by atoms with Crippen molar-refractivity contribution in [3.63, 3.8) is 0 Å². The molecule has 4 rings (SSSR count). The van der Waals surface area contributed by atoms with Crippen molar-refractivity contribution in [1.29, 1.82) is 0 Å². The predicted molar refractivity (Wildman–Crippen MR) is 130 cm³/mol. The SMILES string of the molecule is COc1ccccc1NCc1c(-c2cc(F)c(F)cc2OC)ccc2c1C(C)=CC(C)(C)N2. The molecule has 0 saturated carbocycles. The summed E-state index contributed by atoms with van der Waals surface area (Å²) >= 11 is 0. The topological polar surface area (TPSA) is 42.5 Å². The summed E-state index contributed by atoms with van der Waals surface area (Å²) in [5.41, 5.74) is 5.96. The van der Waals surface area contributed by atoms with Crippen LogP contribution in [0.1, 0.15) is 31.9 Å². The van der Waals surface area contributed by atoms with Crippen LogP contribution in [0.5, 0.6) is 11.5 Å². The minimum atomic E-state index is -0.943. The van der Waals surface area contributed by atoms with Gasteiger partial charge in [0, 0.05) is 29.4 Å². The Labute approximate surface area is 193 Å². The molecule has 0 aliphatic carbocycles. The van der Waals surface area contributed by atoms with Crippen molar-refractivity contribution in [3.8, 4) is 22.6 Å². The summed E-state index contributed by atoms with van der Waals surface area (Å²) in [5, 5.41) is 7.02. The lowest BCUT2D eigenvalue weighted by molar-refractivity contribution is 0.408. The number of rotatable bonds is 6. The third-order valence-corrected chi connectivity index (χ3v) is 5.84. The van der Waals surface area contributed by atoms with Crippen molar-refractivity contribution in [3.05, 3.63) is 77.4 Å². The number of methoxy groups -OCH3 is 2. The number of benzene rings is 3. The van der Waals surface area contributed by atoms with E-state index in [0.29, 0.717) is 12.1 Å². The number of nitrogens with one attached hydrogen (secondary N) is 2. The van der Waals surface area contributed by atoms with Gasteiger partial charge in [0.1, 0.15) is 11.5 Å². The highest BCUT2D eigenvalue weighted by molar-refractivity contribution is 5.88. The second-order valence-electron chi connectivity index (χ2n) is 8.71. The van der Waals surface area contributed by atoms with E-state index in [0.717, 1.165) is 45.5 Å². The molecule has 3 aromatic carbocycles. The number of halogens is 2. The van der Waals surface area contributed by atoms with E-state index in [1.54, 1.807) is 7.11 Å². The van der Waals surface area contributed by atoms with Crippen LogP contribution in [0.25, 0.3) is 16.7 Å². The molecule has 0 radical (unpaired) electrons. The van der Waals surface area contributed by atoms with Crippen LogP contribution in [-0.2, 0) is 6.54 Å². The normalized spacial score (nSPS) is 14.1. The van der Waals surface area contributed by atoms with Crippen LogP contribution in [0.2, 0.25) is 0 Å². The van der Waals surface area contributed by atoms with Gasteiger partial charge in [-0.05, 0) is 61.7 Å². The van der Waals surface area contributed by atoms with Gasteiger partial charge in [-0.2, -0.15) is 0 Å². The average Bonchev–Trinajstić information content (AvgIpc) is 2.78. The predicted octanol–water partition coefficient (Wildman–Crippen LogP) is 6.87. The molecule has 0 aromatic heterocycles. The van der Waals surface area contributed by atoms with Crippen molar-refractivity contribution in [2.45, 2.75) is 32.9 Å². The summed E-state index contributed by atoms with van der Waals surface area (Å²) in [5.74, 6) is -0.862. The number of fused-ring (bicyclic) bond motifs is 1. The molecule has 0 bridgehead atoms. The molecule has 0 unspecified atom stereocenters. The summed E-state index contributed by atoms with van der Waals surface area (Å²) in [7, 11) is 3.08. The molecule has 0 fully saturated rings. The van der Waals surface area contributed by atoms with E-state index in [9.17, 15) is 8.78 Å². The van der Waals surface area contributed by atoms with Crippen molar-refractivity contribution in [2.75, 3.05) is 24.9 Å².